The van der Waals surface area contributed by atoms with Gasteiger partial charge in [-0.1, -0.05) is 11.6 Å². The van der Waals surface area contributed by atoms with Gasteiger partial charge in [0, 0.05) is 16.9 Å². The number of halogens is 5. The third kappa shape index (κ3) is 2.53. The summed E-state index contributed by atoms with van der Waals surface area (Å²) in [6, 6.07) is 0. The lowest BCUT2D eigenvalue weighted by atomic mass is 10.3. The van der Waals surface area contributed by atoms with Gasteiger partial charge in [0.2, 0.25) is 0 Å². The Morgan fingerprint density at radius 1 is 1.40 bits per heavy atom. The van der Waals surface area contributed by atoms with Crippen molar-refractivity contribution < 1.29 is 21.6 Å². The van der Waals surface area contributed by atoms with Gasteiger partial charge in [0.05, 0.1) is 5.56 Å². The van der Waals surface area contributed by atoms with Crippen molar-refractivity contribution in [3.63, 3.8) is 0 Å². The van der Waals surface area contributed by atoms with E-state index in [2.05, 4.69) is 4.98 Å². The van der Waals surface area contributed by atoms with E-state index in [1.165, 1.54) is 0 Å². The van der Waals surface area contributed by atoms with Crippen molar-refractivity contribution in [3.8, 4) is 0 Å². The van der Waals surface area contributed by atoms with Crippen LogP contribution in [0.5, 0.6) is 0 Å². The van der Waals surface area contributed by atoms with Gasteiger partial charge in [0.1, 0.15) is 5.02 Å². The summed E-state index contributed by atoms with van der Waals surface area (Å²) in [4.78, 5) is 3.06. The number of hydrogen-bond acceptors (Lipinski definition) is 3. The molecule has 1 rings (SSSR count). The summed E-state index contributed by atoms with van der Waals surface area (Å²) in [7, 11) is 0.485. The summed E-state index contributed by atoms with van der Waals surface area (Å²) in [6.07, 6.45) is -2.76. The van der Waals surface area contributed by atoms with Crippen molar-refractivity contribution in [2.24, 2.45) is 0 Å². The molecule has 0 unspecified atom stereocenters. The minimum Gasteiger partial charge on any atom is -0.242 e. The van der Waals surface area contributed by atoms with E-state index in [1.54, 1.807) is 0 Å². The SMILES string of the molecule is O=S(=O)(Cl)c1ncc(C(F)F)c(F)c1Cl. The highest BCUT2D eigenvalue weighted by Gasteiger charge is 2.25. The van der Waals surface area contributed by atoms with E-state index in [0.29, 0.717) is 6.20 Å². The first kappa shape index (κ1) is 12.5. The van der Waals surface area contributed by atoms with Crippen LogP contribution < -0.4 is 0 Å². The number of pyridine rings is 1. The molecule has 0 bridgehead atoms. The number of nitrogens with zero attached hydrogens (tertiary/aromatic N) is 1. The molecule has 0 N–H and O–H groups in total. The molecule has 0 aliphatic carbocycles. The highest BCUT2D eigenvalue weighted by Crippen LogP contribution is 2.31. The predicted octanol–water partition coefficient (Wildman–Crippen LogP) is 2.74. The minimum absolute atomic E-state index is 0.376. The summed E-state index contributed by atoms with van der Waals surface area (Å²) in [5, 5.41) is -2.02. The van der Waals surface area contributed by atoms with E-state index < -0.39 is 36.9 Å². The van der Waals surface area contributed by atoms with E-state index in [1.807, 2.05) is 0 Å². The van der Waals surface area contributed by atoms with Crippen LogP contribution in [-0.4, -0.2) is 13.4 Å². The lowest BCUT2D eigenvalue weighted by Gasteiger charge is -2.05. The quantitative estimate of drug-likeness (QED) is 0.782. The van der Waals surface area contributed by atoms with Crippen molar-refractivity contribution in [1.82, 2.24) is 4.98 Å². The molecule has 0 spiro atoms. The molecule has 0 aromatic carbocycles. The summed E-state index contributed by atoms with van der Waals surface area (Å²) >= 11 is 5.19. The molecule has 9 heteroatoms. The Morgan fingerprint density at radius 3 is 2.33 bits per heavy atom. The molecule has 0 saturated heterocycles. The molecule has 0 fully saturated rings. The highest BCUT2D eigenvalue weighted by molar-refractivity contribution is 8.13. The molecular weight excluding hydrogens is 278 g/mol. The van der Waals surface area contributed by atoms with Crippen LogP contribution in [0.4, 0.5) is 13.2 Å². The average Bonchev–Trinajstić information content (AvgIpc) is 2.06. The molecule has 1 heterocycles. The van der Waals surface area contributed by atoms with Gasteiger partial charge in [-0.3, -0.25) is 0 Å². The van der Waals surface area contributed by atoms with Crippen LogP contribution in [0.1, 0.15) is 12.0 Å². The molecule has 1 aromatic heterocycles. The van der Waals surface area contributed by atoms with E-state index in [-0.39, 0.29) is 0 Å². The normalized spacial score (nSPS) is 12.1. The molecule has 0 aliphatic heterocycles. The second-order valence-corrected chi connectivity index (χ2v) is 5.24. The zero-order valence-corrected chi connectivity index (χ0v) is 9.04. The fraction of sp³-hybridized carbons (Fsp3) is 0.167. The summed E-state index contributed by atoms with van der Waals surface area (Å²) in [6.45, 7) is 0. The van der Waals surface area contributed by atoms with Gasteiger partial charge < -0.3 is 0 Å². The van der Waals surface area contributed by atoms with Gasteiger partial charge in [-0.05, 0) is 0 Å². The highest BCUT2D eigenvalue weighted by atomic mass is 35.7. The lowest BCUT2D eigenvalue weighted by molar-refractivity contribution is 0.145. The van der Waals surface area contributed by atoms with Crippen LogP contribution >= 0.6 is 22.3 Å². The van der Waals surface area contributed by atoms with Crippen LogP contribution in [0.3, 0.4) is 0 Å². The summed E-state index contributed by atoms with van der Waals surface area (Å²) < 4.78 is 58.8. The van der Waals surface area contributed by atoms with Crippen molar-refractivity contribution in [3.05, 3.63) is 22.6 Å². The molecule has 84 valence electrons. The maximum absolute atomic E-state index is 13.1. The Kier molecular flexibility index (Phi) is 3.47. The second-order valence-electron chi connectivity index (χ2n) is 2.39. The molecule has 0 radical (unpaired) electrons. The Balaban J connectivity index is 3.48. The number of alkyl halides is 2. The van der Waals surface area contributed by atoms with Gasteiger partial charge in [-0.2, -0.15) is 0 Å². The molecule has 1 aromatic rings. The molecule has 0 atom stereocenters. The zero-order valence-electron chi connectivity index (χ0n) is 6.72. The molecule has 15 heavy (non-hydrogen) atoms. The van der Waals surface area contributed by atoms with Crippen LogP contribution in [0.2, 0.25) is 5.02 Å². The van der Waals surface area contributed by atoms with E-state index in [0.717, 1.165) is 0 Å². The minimum atomic E-state index is -4.35. The third-order valence-corrected chi connectivity index (χ3v) is 3.09. The van der Waals surface area contributed by atoms with Crippen LogP contribution in [-0.2, 0) is 9.05 Å². The Morgan fingerprint density at radius 2 is 1.93 bits per heavy atom. The van der Waals surface area contributed by atoms with Crippen LogP contribution in [0, 0.1) is 5.82 Å². The van der Waals surface area contributed by atoms with E-state index in [9.17, 15) is 21.6 Å². The van der Waals surface area contributed by atoms with E-state index in [4.69, 9.17) is 22.3 Å². The maximum atomic E-state index is 13.1. The van der Waals surface area contributed by atoms with Gasteiger partial charge >= 0.3 is 0 Å². The summed E-state index contributed by atoms with van der Waals surface area (Å²) in [5.74, 6) is -1.54. The van der Waals surface area contributed by atoms with Crippen LogP contribution in [0.25, 0.3) is 0 Å². The second kappa shape index (κ2) is 4.15. The smallest absolute Gasteiger partial charge is 0.242 e. The van der Waals surface area contributed by atoms with Gasteiger partial charge in [0.15, 0.2) is 10.8 Å². The Bertz CT molecular complexity index is 491. The molecule has 0 amide bonds. The van der Waals surface area contributed by atoms with Gasteiger partial charge in [0.25, 0.3) is 15.5 Å². The van der Waals surface area contributed by atoms with E-state index >= 15 is 0 Å². The first-order valence-corrected chi connectivity index (χ1v) is 6.00. The fourth-order valence-electron chi connectivity index (χ4n) is 0.784. The number of rotatable bonds is 2. The number of hydrogen-bond donors (Lipinski definition) is 0. The largest absolute Gasteiger partial charge is 0.280 e. The third-order valence-electron chi connectivity index (χ3n) is 1.42. The van der Waals surface area contributed by atoms with Crippen molar-refractivity contribution in [2.75, 3.05) is 0 Å². The number of aromatic nitrogens is 1. The standard InChI is InChI=1S/C6H2Cl2F3NO2S/c7-3-4(9)2(5(10)11)1-12-6(3)15(8,13)14/h1,5H. The van der Waals surface area contributed by atoms with Crippen molar-refractivity contribution in [1.29, 1.82) is 0 Å². The summed E-state index contributed by atoms with van der Waals surface area (Å²) in [5.41, 5.74) is -1.08. The average molecular weight is 280 g/mol. The molecule has 3 nitrogen and oxygen atoms in total. The first-order valence-electron chi connectivity index (χ1n) is 3.32. The first-order chi connectivity index (χ1) is 6.75. The maximum Gasteiger partial charge on any atom is 0.280 e. The Labute approximate surface area is 92.2 Å². The van der Waals surface area contributed by atoms with Crippen LogP contribution in [0.15, 0.2) is 11.2 Å². The molecule has 0 saturated carbocycles. The monoisotopic (exact) mass is 279 g/mol. The van der Waals surface area contributed by atoms with Gasteiger partial charge in [-0.25, -0.2) is 26.6 Å². The molecular formula is C6H2Cl2F3NO2S. The van der Waals surface area contributed by atoms with Gasteiger partial charge in [-0.15, -0.1) is 0 Å². The molecule has 0 aliphatic rings. The topological polar surface area (TPSA) is 47.0 Å². The predicted molar refractivity (Wildman–Crippen MR) is 47.2 cm³/mol. The lowest BCUT2D eigenvalue weighted by Crippen LogP contribution is -2.02. The fourth-order valence-corrected chi connectivity index (χ4v) is 2.20. The zero-order chi connectivity index (χ0) is 11.8. The van der Waals surface area contributed by atoms with Crippen molar-refractivity contribution >= 4 is 31.3 Å². The Hall–Kier alpha value is -0.530. The van der Waals surface area contributed by atoms with Crippen molar-refractivity contribution in [2.45, 2.75) is 11.5 Å².